The largest absolute Gasteiger partial charge is 0.541 e. The number of esters is 1. The van der Waals surface area contributed by atoms with Crippen LogP contribution in [0, 0.1) is 0 Å². The van der Waals surface area contributed by atoms with Gasteiger partial charge in [-0.15, -0.1) is 11.8 Å². The highest BCUT2D eigenvalue weighted by Crippen LogP contribution is 2.41. The highest BCUT2D eigenvalue weighted by atomic mass is 35.5. The molecule has 2 aliphatic rings. The van der Waals surface area contributed by atoms with Gasteiger partial charge in [-0.1, -0.05) is 40.2 Å². The lowest BCUT2D eigenvalue weighted by molar-refractivity contribution is -0.663. The molecule has 0 spiro atoms. The van der Waals surface area contributed by atoms with Crippen LogP contribution in [0.15, 0.2) is 71.3 Å². The van der Waals surface area contributed by atoms with Gasteiger partial charge in [-0.2, -0.15) is 4.57 Å². The number of oxime groups is 1. The molecular formula is C39H41BClN8O12S2+. The fourth-order valence-electron chi connectivity index (χ4n) is 6.29. The third-order valence-corrected chi connectivity index (χ3v) is 11.7. The third-order valence-electron chi connectivity index (χ3n) is 9.14. The van der Waals surface area contributed by atoms with Crippen molar-refractivity contribution < 1.29 is 61.9 Å². The highest BCUT2D eigenvalue weighted by Gasteiger charge is 2.55. The summed E-state index contributed by atoms with van der Waals surface area (Å²) in [6, 6.07) is 11.2. The monoisotopic (exact) mass is 923 g/mol. The predicted octanol–water partition coefficient (Wildman–Crippen LogP) is 2.91. The second kappa shape index (κ2) is 19.9. The highest BCUT2D eigenvalue weighted by molar-refractivity contribution is 8.00. The summed E-state index contributed by atoms with van der Waals surface area (Å²) in [5, 5.41) is 8.06. The lowest BCUT2D eigenvalue weighted by Crippen LogP contribution is -2.71. The first-order chi connectivity index (χ1) is 30.0. The molecule has 0 bridgehead atoms. The zero-order chi connectivity index (χ0) is 45.6. The molecule has 0 aliphatic carbocycles. The van der Waals surface area contributed by atoms with Crippen molar-refractivity contribution in [3.63, 3.8) is 0 Å². The standard InChI is InChI=1S/C39H40BClN8O12S2/c1-20(35(53)60-40)61-46-28(27-31(41)63-37(43-27)44-38(55)59-39(2,3)4)32(51)42-29-33(52)49-30(36(54)58-18-21-9-11-23(56-5)12-10-21)22(19-62-34(29)49)16-47-14-7-8-24-25(47)13-15-48(24)17-26(50)45-57-6/h7-15,20,29,34H,16-19H2,1-6H3,(H2-,42,43,44,45,50,51,55)/p+1/b46-28-/t20-,29?,34?/m0/s1. The Bertz CT molecular complexity index is 2490. The number of thiazole rings is 1. The molecule has 1 saturated heterocycles. The van der Waals surface area contributed by atoms with Crippen LogP contribution in [0.5, 0.6) is 5.75 Å². The first-order valence-corrected chi connectivity index (χ1v) is 21.1. The van der Waals surface area contributed by atoms with Crippen LogP contribution in [0.25, 0.3) is 11.0 Å². The van der Waals surface area contributed by atoms with Gasteiger partial charge in [-0.05, 0) is 51.5 Å². The number of aromatic nitrogens is 3. The Morgan fingerprint density at radius 1 is 1.11 bits per heavy atom. The first-order valence-electron chi connectivity index (χ1n) is 18.9. The number of halogens is 1. The van der Waals surface area contributed by atoms with Gasteiger partial charge in [0, 0.05) is 29.7 Å². The lowest BCUT2D eigenvalue weighted by Gasteiger charge is -2.49. The van der Waals surface area contributed by atoms with Crippen LogP contribution < -0.4 is 25.4 Å². The Morgan fingerprint density at radius 2 is 1.86 bits per heavy atom. The van der Waals surface area contributed by atoms with Crippen LogP contribution >= 0.6 is 34.7 Å². The van der Waals surface area contributed by atoms with Gasteiger partial charge in [0.1, 0.15) is 57.2 Å². The average molecular weight is 924 g/mol. The molecule has 24 heteroatoms. The SMILES string of the molecule is [B]OC(=O)[C@H](C)O/N=C(\C(=O)NC1C(=O)N2C(C(=O)OCc3ccc(OC)cc3)=C(C[n+]3cccc4c3ccn4CC(=O)NOC)CSC12)c1nc(NC(=O)OC(C)(C)C)sc1Cl. The molecule has 1 fully saturated rings. The summed E-state index contributed by atoms with van der Waals surface area (Å²) in [6.07, 6.45) is 1.31. The summed E-state index contributed by atoms with van der Waals surface area (Å²) in [4.78, 5) is 94.6. The number of hydrogen-bond donors (Lipinski definition) is 3. The molecule has 3 N–H and O–H groups in total. The van der Waals surface area contributed by atoms with E-state index in [1.807, 2.05) is 22.9 Å². The summed E-state index contributed by atoms with van der Waals surface area (Å²) < 4.78 is 24.0. The minimum Gasteiger partial charge on any atom is -0.541 e. The van der Waals surface area contributed by atoms with Gasteiger partial charge in [0.15, 0.2) is 23.6 Å². The molecule has 2 radical (unpaired) electrons. The maximum absolute atomic E-state index is 14.2. The van der Waals surface area contributed by atoms with E-state index in [0.717, 1.165) is 22.4 Å². The van der Waals surface area contributed by atoms with Gasteiger partial charge in [-0.3, -0.25) is 29.4 Å². The number of fused-ring (bicyclic) bond motifs is 2. The molecular weight excluding hydrogens is 883 g/mol. The van der Waals surface area contributed by atoms with Crippen LogP contribution in [-0.2, 0) is 67.5 Å². The maximum atomic E-state index is 14.2. The van der Waals surface area contributed by atoms with Crippen LogP contribution in [-0.4, -0.2) is 107 Å². The van der Waals surface area contributed by atoms with Crippen molar-refractivity contribution in [2.24, 2.45) is 5.16 Å². The lowest BCUT2D eigenvalue weighted by atomic mass is 10.0. The van der Waals surface area contributed by atoms with Crippen molar-refractivity contribution in [1.29, 1.82) is 0 Å². The van der Waals surface area contributed by atoms with Gasteiger partial charge in [0.25, 0.3) is 17.7 Å². The van der Waals surface area contributed by atoms with Crippen molar-refractivity contribution in [2.75, 3.05) is 25.3 Å². The van der Waals surface area contributed by atoms with Gasteiger partial charge in [0.2, 0.25) is 11.6 Å². The number of methoxy groups -OCH3 is 1. The molecule has 3 aromatic heterocycles. The fraction of sp³-hybridized carbons (Fsp3) is 0.359. The topological polar surface area (TPSA) is 231 Å². The molecule has 330 valence electrons. The molecule has 2 aliphatic heterocycles. The van der Waals surface area contributed by atoms with Crippen molar-refractivity contribution in [1.82, 2.24) is 25.2 Å². The number of nitrogens with zero attached hydrogens (tertiary/aromatic N) is 5. The second-order valence-corrected chi connectivity index (χ2v) is 17.4. The molecule has 1 aromatic carbocycles. The number of pyridine rings is 1. The Morgan fingerprint density at radius 3 is 2.54 bits per heavy atom. The first kappa shape index (κ1) is 46.3. The zero-order valence-corrected chi connectivity index (χ0v) is 37.1. The molecule has 63 heavy (non-hydrogen) atoms. The molecule has 5 heterocycles. The van der Waals surface area contributed by atoms with E-state index in [2.05, 4.69) is 30.9 Å². The third kappa shape index (κ3) is 10.9. The number of thioether (sulfide) groups is 1. The smallest absolute Gasteiger partial charge is 0.413 e. The van der Waals surface area contributed by atoms with Crippen LogP contribution in [0.3, 0.4) is 0 Å². The van der Waals surface area contributed by atoms with E-state index >= 15 is 0 Å². The summed E-state index contributed by atoms with van der Waals surface area (Å²) in [7, 11) is 7.86. The molecule has 2 unspecified atom stereocenters. The zero-order valence-electron chi connectivity index (χ0n) is 34.7. The Balaban J connectivity index is 1.28. The van der Waals surface area contributed by atoms with E-state index in [9.17, 15) is 28.8 Å². The van der Waals surface area contributed by atoms with Crippen molar-refractivity contribution in [3.05, 3.63) is 81.7 Å². The Labute approximate surface area is 374 Å². The van der Waals surface area contributed by atoms with Crippen LogP contribution in [0.1, 0.15) is 39.0 Å². The number of ether oxygens (including phenoxy) is 3. The number of nitrogens with one attached hydrogen (secondary N) is 3. The van der Waals surface area contributed by atoms with E-state index in [4.69, 9.17) is 43.5 Å². The Hall–Kier alpha value is -6.17. The van der Waals surface area contributed by atoms with E-state index in [0.29, 0.717) is 16.9 Å². The average Bonchev–Trinajstić information content (AvgIpc) is 3.82. The minimum atomic E-state index is -1.39. The van der Waals surface area contributed by atoms with E-state index in [1.54, 1.807) is 61.9 Å². The number of amides is 4. The number of carbonyl (C=O) groups is 6. The fourth-order valence-corrected chi connectivity index (χ4v) is 8.66. The summed E-state index contributed by atoms with van der Waals surface area (Å²) in [6.45, 7) is 6.27. The van der Waals surface area contributed by atoms with E-state index < -0.39 is 58.7 Å². The number of β-lactam (4-membered cyclic amide) rings is 1. The Kier molecular flexibility index (Phi) is 14.6. The molecule has 6 rings (SSSR count). The summed E-state index contributed by atoms with van der Waals surface area (Å²) >= 11 is 8.56. The van der Waals surface area contributed by atoms with Gasteiger partial charge in [0.05, 0.1) is 14.2 Å². The normalized spacial score (nSPS) is 16.7. The number of anilines is 1. The van der Waals surface area contributed by atoms with Gasteiger partial charge in [-0.25, -0.2) is 24.8 Å². The van der Waals surface area contributed by atoms with Gasteiger partial charge >= 0.3 is 26.1 Å². The van der Waals surface area contributed by atoms with Crippen LogP contribution in [0.2, 0.25) is 4.34 Å². The summed E-state index contributed by atoms with van der Waals surface area (Å²) in [5.74, 6) is -2.96. The molecule has 0 saturated carbocycles. The minimum absolute atomic E-state index is 0.00193. The summed E-state index contributed by atoms with van der Waals surface area (Å²) in [5.41, 5.74) is 3.31. The van der Waals surface area contributed by atoms with Crippen LogP contribution in [0.4, 0.5) is 9.93 Å². The van der Waals surface area contributed by atoms with E-state index in [1.165, 1.54) is 37.8 Å². The molecule has 4 amide bonds. The number of hydrogen-bond acceptors (Lipinski definition) is 16. The van der Waals surface area contributed by atoms with Crippen molar-refractivity contribution >= 4 is 100 Å². The molecule has 4 aromatic rings. The van der Waals surface area contributed by atoms with Crippen molar-refractivity contribution in [2.45, 2.75) is 70.5 Å². The quantitative estimate of drug-likeness (QED) is 0.0367. The molecule has 3 atom stereocenters. The number of benzene rings is 1. The maximum Gasteiger partial charge on any atom is 0.413 e. The van der Waals surface area contributed by atoms with E-state index in [-0.39, 0.29) is 52.2 Å². The van der Waals surface area contributed by atoms with Gasteiger partial charge < -0.3 is 33.6 Å². The predicted molar refractivity (Wildman–Crippen MR) is 228 cm³/mol. The number of rotatable bonds is 16. The second-order valence-electron chi connectivity index (χ2n) is 14.7. The molecule has 20 nitrogen and oxygen atoms in total. The number of carbonyl (C=O) groups excluding carboxylic acids is 6. The number of hydroxylamine groups is 1. The van der Waals surface area contributed by atoms with Crippen molar-refractivity contribution in [3.8, 4) is 5.75 Å².